The first kappa shape index (κ1) is 22.5. The molecule has 1 aromatic heterocycles. The molecule has 1 amide bonds. The highest BCUT2D eigenvalue weighted by Crippen LogP contribution is 2.29. The number of nitrogens with zero attached hydrogens (tertiary/aromatic N) is 1. The van der Waals surface area contributed by atoms with E-state index in [4.69, 9.17) is 4.42 Å². The van der Waals surface area contributed by atoms with Gasteiger partial charge in [0, 0.05) is 17.3 Å². The maximum Gasteiger partial charge on any atom is 0.248 e. The van der Waals surface area contributed by atoms with Crippen LogP contribution in [0.1, 0.15) is 62.6 Å². The van der Waals surface area contributed by atoms with Crippen molar-refractivity contribution in [3.63, 3.8) is 0 Å². The van der Waals surface area contributed by atoms with Crippen molar-refractivity contribution in [2.45, 2.75) is 46.0 Å². The van der Waals surface area contributed by atoms with Crippen LogP contribution in [0.4, 0.5) is 5.69 Å². The Morgan fingerprint density at radius 1 is 1.00 bits per heavy atom. The van der Waals surface area contributed by atoms with Crippen LogP contribution < -0.4 is 5.32 Å². The summed E-state index contributed by atoms with van der Waals surface area (Å²) in [6.45, 7) is 8.72. The van der Waals surface area contributed by atoms with Crippen molar-refractivity contribution in [3.8, 4) is 11.5 Å². The Kier molecular flexibility index (Phi) is 6.74. The average Bonchev–Trinajstić information content (AvgIpc) is 3.26. The quantitative estimate of drug-likeness (QED) is 0.300. The average molecular weight is 439 g/mol. The molecule has 168 valence electrons. The molecule has 3 aromatic carbocycles. The second-order valence-electron chi connectivity index (χ2n) is 8.78. The van der Waals surface area contributed by atoms with Crippen molar-refractivity contribution in [3.05, 3.63) is 89.5 Å². The van der Waals surface area contributed by atoms with Crippen LogP contribution in [0, 0.1) is 0 Å². The molecule has 0 saturated carbocycles. The fraction of sp³-hybridized carbons (Fsp3) is 0.241. The van der Waals surface area contributed by atoms with Crippen molar-refractivity contribution < 1.29 is 9.21 Å². The van der Waals surface area contributed by atoms with Crippen molar-refractivity contribution in [2.24, 2.45) is 0 Å². The van der Waals surface area contributed by atoms with Crippen LogP contribution in [-0.2, 0) is 4.79 Å². The second kappa shape index (κ2) is 9.86. The number of aromatic nitrogens is 1. The Labute approximate surface area is 195 Å². The summed E-state index contributed by atoms with van der Waals surface area (Å²) in [5.74, 6) is 1.33. The highest BCUT2D eigenvalue weighted by atomic mass is 16.3. The van der Waals surface area contributed by atoms with E-state index in [2.05, 4.69) is 62.3 Å². The van der Waals surface area contributed by atoms with Gasteiger partial charge in [0.15, 0.2) is 5.58 Å². The number of rotatable bonds is 7. The summed E-state index contributed by atoms with van der Waals surface area (Å²) < 4.78 is 5.98. The van der Waals surface area contributed by atoms with Gasteiger partial charge < -0.3 is 9.73 Å². The first-order valence-electron chi connectivity index (χ1n) is 11.5. The standard InChI is InChI=1S/C29H30N2O2/c1-5-20(4)23-14-15-27-26(18-23)31-29(33-27)24-7-6-8-25(17-24)30-28(32)16-11-21-9-12-22(13-10-21)19(2)3/h6-20H,5H2,1-4H3,(H,30,32)/b16-11+. The van der Waals surface area contributed by atoms with Crippen LogP contribution in [0.15, 0.2) is 77.2 Å². The lowest BCUT2D eigenvalue weighted by molar-refractivity contribution is -0.111. The van der Waals surface area contributed by atoms with Gasteiger partial charge >= 0.3 is 0 Å². The molecule has 4 aromatic rings. The van der Waals surface area contributed by atoms with Crippen molar-refractivity contribution in [1.29, 1.82) is 0 Å². The van der Waals surface area contributed by atoms with E-state index in [1.807, 2.05) is 48.5 Å². The third kappa shape index (κ3) is 5.40. The monoisotopic (exact) mass is 438 g/mol. The van der Waals surface area contributed by atoms with Gasteiger partial charge in [-0.1, -0.05) is 64.1 Å². The molecule has 4 nitrogen and oxygen atoms in total. The van der Waals surface area contributed by atoms with E-state index >= 15 is 0 Å². The van der Waals surface area contributed by atoms with E-state index in [1.54, 1.807) is 6.08 Å². The Morgan fingerprint density at radius 2 is 1.76 bits per heavy atom. The van der Waals surface area contributed by atoms with Crippen LogP contribution in [-0.4, -0.2) is 10.9 Å². The van der Waals surface area contributed by atoms with E-state index in [9.17, 15) is 4.79 Å². The molecule has 1 heterocycles. The third-order valence-electron chi connectivity index (χ3n) is 6.00. The van der Waals surface area contributed by atoms with Crippen LogP contribution in [0.5, 0.6) is 0 Å². The molecule has 4 heteroatoms. The van der Waals surface area contributed by atoms with Gasteiger partial charge in [-0.25, -0.2) is 4.98 Å². The Balaban J connectivity index is 1.48. The molecule has 0 aliphatic rings. The zero-order valence-electron chi connectivity index (χ0n) is 19.6. The maximum absolute atomic E-state index is 12.4. The van der Waals surface area contributed by atoms with Crippen molar-refractivity contribution in [2.75, 3.05) is 5.32 Å². The van der Waals surface area contributed by atoms with E-state index in [1.165, 1.54) is 11.1 Å². The maximum atomic E-state index is 12.4. The summed E-state index contributed by atoms with van der Waals surface area (Å²) in [6.07, 6.45) is 4.45. The molecular formula is C29H30N2O2. The molecule has 1 atom stereocenters. The highest BCUT2D eigenvalue weighted by molar-refractivity contribution is 6.02. The van der Waals surface area contributed by atoms with Crippen LogP contribution in [0.3, 0.4) is 0 Å². The number of benzene rings is 3. The summed E-state index contributed by atoms with van der Waals surface area (Å²) in [4.78, 5) is 17.1. The van der Waals surface area contributed by atoms with Gasteiger partial charge in [0.25, 0.3) is 0 Å². The lowest BCUT2D eigenvalue weighted by atomic mass is 9.98. The van der Waals surface area contributed by atoms with Crippen LogP contribution in [0.25, 0.3) is 28.6 Å². The zero-order valence-corrected chi connectivity index (χ0v) is 19.6. The Morgan fingerprint density at radius 3 is 2.48 bits per heavy atom. The molecule has 0 bridgehead atoms. The molecule has 33 heavy (non-hydrogen) atoms. The largest absolute Gasteiger partial charge is 0.436 e. The molecule has 1 N–H and O–H groups in total. The number of hydrogen-bond acceptors (Lipinski definition) is 3. The molecule has 0 saturated heterocycles. The lowest BCUT2D eigenvalue weighted by Crippen LogP contribution is -2.07. The number of amides is 1. The minimum absolute atomic E-state index is 0.184. The summed E-state index contributed by atoms with van der Waals surface area (Å²) in [5, 5.41) is 2.92. The lowest BCUT2D eigenvalue weighted by Gasteiger charge is -2.07. The van der Waals surface area contributed by atoms with Gasteiger partial charge in [-0.05, 0) is 71.4 Å². The van der Waals surface area contributed by atoms with E-state index in [0.29, 0.717) is 23.4 Å². The zero-order chi connectivity index (χ0) is 23.4. The molecule has 0 spiro atoms. The molecule has 4 rings (SSSR count). The Hall–Kier alpha value is -3.66. The number of anilines is 1. The summed E-state index contributed by atoms with van der Waals surface area (Å²) in [7, 11) is 0. The van der Waals surface area contributed by atoms with E-state index < -0.39 is 0 Å². The van der Waals surface area contributed by atoms with Crippen molar-refractivity contribution >= 4 is 28.8 Å². The fourth-order valence-electron chi connectivity index (χ4n) is 3.69. The summed E-state index contributed by atoms with van der Waals surface area (Å²) in [6, 6.07) is 22.0. The molecular weight excluding hydrogens is 408 g/mol. The fourth-order valence-corrected chi connectivity index (χ4v) is 3.69. The minimum Gasteiger partial charge on any atom is -0.436 e. The molecule has 0 aliphatic carbocycles. The van der Waals surface area contributed by atoms with Gasteiger partial charge in [-0.15, -0.1) is 0 Å². The van der Waals surface area contributed by atoms with Crippen molar-refractivity contribution in [1.82, 2.24) is 4.98 Å². The molecule has 0 aliphatic heterocycles. The number of oxazole rings is 1. The van der Waals surface area contributed by atoms with E-state index in [0.717, 1.165) is 28.6 Å². The van der Waals surface area contributed by atoms with Gasteiger partial charge in [0.1, 0.15) is 5.52 Å². The Bertz CT molecular complexity index is 1280. The third-order valence-corrected chi connectivity index (χ3v) is 6.00. The van der Waals surface area contributed by atoms with Gasteiger partial charge in [0.2, 0.25) is 11.8 Å². The first-order chi connectivity index (χ1) is 15.9. The van der Waals surface area contributed by atoms with Gasteiger partial charge in [-0.3, -0.25) is 4.79 Å². The van der Waals surface area contributed by atoms with E-state index in [-0.39, 0.29) is 5.91 Å². The SMILES string of the molecule is CCC(C)c1ccc2oc(-c3cccc(NC(=O)/C=C/c4ccc(C(C)C)cc4)c3)nc2c1. The predicted octanol–water partition coefficient (Wildman–Crippen LogP) is 7.78. The van der Waals surface area contributed by atoms with Gasteiger partial charge in [-0.2, -0.15) is 0 Å². The normalized spacial score (nSPS) is 12.5. The molecule has 0 fully saturated rings. The number of fused-ring (bicyclic) bond motifs is 1. The summed E-state index contributed by atoms with van der Waals surface area (Å²) >= 11 is 0. The number of carbonyl (C=O) groups is 1. The van der Waals surface area contributed by atoms with Crippen LogP contribution in [0.2, 0.25) is 0 Å². The first-order valence-corrected chi connectivity index (χ1v) is 11.5. The molecule has 0 radical (unpaired) electrons. The van der Waals surface area contributed by atoms with Gasteiger partial charge in [0.05, 0.1) is 0 Å². The molecule has 1 unspecified atom stereocenters. The smallest absolute Gasteiger partial charge is 0.248 e. The number of hydrogen-bond donors (Lipinski definition) is 1. The number of nitrogens with one attached hydrogen (secondary N) is 1. The van der Waals surface area contributed by atoms with Crippen LogP contribution >= 0.6 is 0 Å². The highest BCUT2D eigenvalue weighted by Gasteiger charge is 2.12. The number of carbonyl (C=O) groups excluding carboxylic acids is 1. The predicted molar refractivity (Wildman–Crippen MR) is 136 cm³/mol. The topological polar surface area (TPSA) is 55.1 Å². The minimum atomic E-state index is -0.184. The second-order valence-corrected chi connectivity index (χ2v) is 8.78. The summed E-state index contributed by atoms with van der Waals surface area (Å²) in [5.41, 5.74) is 6.66.